The zero-order valence-electron chi connectivity index (χ0n) is 12.3. The van der Waals surface area contributed by atoms with Gasteiger partial charge in [-0.3, -0.25) is 4.79 Å². The number of hydrogen-bond acceptors (Lipinski definition) is 1. The Kier molecular flexibility index (Phi) is 2.25. The lowest BCUT2D eigenvalue weighted by atomic mass is 9.75. The van der Waals surface area contributed by atoms with E-state index in [1.54, 1.807) is 0 Å². The highest BCUT2D eigenvalue weighted by atomic mass is 16.1. The Labute approximate surface area is 129 Å². The zero-order chi connectivity index (χ0) is 14.7. The number of rotatable bonds is 0. The second kappa shape index (κ2) is 4.07. The minimum absolute atomic E-state index is 0.379. The molecule has 0 amide bonds. The smallest absolute Gasteiger partial charge is 0.147 e. The van der Waals surface area contributed by atoms with E-state index in [9.17, 15) is 4.79 Å². The van der Waals surface area contributed by atoms with Crippen molar-refractivity contribution >= 4 is 16.6 Å². The zero-order valence-corrected chi connectivity index (χ0v) is 12.3. The van der Waals surface area contributed by atoms with Crippen molar-refractivity contribution in [2.24, 2.45) is 0 Å². The van der Waals surface area contributed by atoms with Gasteiger partial charge in [0.05, 0.1) is 5.41 Å². The highest BCUT2D eigenvalue weighted by Crippen LogP contribution is 2.55. The predicted octanol–water partition coefficient (Wildman–Crippen LogP) is 4.86. The van der Waals surface area contributed by atoms with Gasteiger partial charge in [-0.1, -0.05) is 48.5 Å². The number of ketones is 1. The number of carbonyl (C=O) groups is 1. The summed E-state index contributed by atoms with van der Waals surface area (Å²) in [5, 5.41) is 2.48. The molecule has 1 fully saturated rings. The largest absolute Gasteiger partial charge is 0.298 e. The van der Waals surface area contributed by atoms with Gasteiger partial charge in [0.1, 0.15) is 5.78 Å². The quantitative estimate of drug-likeness (QED) is 0.576. The maximum absolute atomic E-state index is 12.9. The van der Waals surface area contributed by atoms with Crippen LogP contribution in [0.2, 0.25) is 0 Å². The Morgan fingerprint density at radius 1 is 0.773 bits per heavy atom. The van der Waals surface area contributed by atoms with Crippen LogP contribution in [-0.2, 0) is 10.2 Å². The van der Waals surface area contributed by atoms with Gasteiger partial charge >= 0.3 is 0 Å². The van der Waals surface area contributed by atoms with Crippen molar-refractivity contribution in [1.29, 1.82) is 0 Å². The number of Topliss-reactive ketones (excluding diaryl/α,β-unsaturated/α-hetero) is 1. The Morgan fingerprint density at radius 2 is 1.50 bits per heavy atom. The molecule has 1 nitrogen and oxygen atoms in total. The van der Waals surface area contributed by atoms with Gasteiger partial charge in [0, 0.05) is 6.42 Å². The molecule has 1 spiro atoms. The Balaban J connectivity index is 1.94. The summed E-state index contributed by atoms with van der Waals surface area (Å²) in [4.78, 5) is 12.9. The van der Waals surface area contributed by atoms with Crippen LogP contribution >= 0.6 is 0 Å². The van der Waals surface area contributed by atoms with Gasteiger partial charge in [-0.15, -0.1) is 0 Å². The first-order chi connectivity index (χ1) is 10.8. The van der Waals surface area contributed by atoms with Crippen molar-refractivity contribution in [3.63, 3.8) is 0 Å². The third kappa shape index (κ3) is 1.32. The average molecular weight is 284 g/mol. The highest BCUT2D eigenvalue weighted by Gasteiger charge is 2.50. The van der Waals surface area contributed by atoms with Crippen LogP contribution in [0, 0.1) is 0 Å². The van der Waals surface area contributed by atoms with Crippen LogP contribution < -0.4 is 0 Å². The molecule has 1 atom stereocenters. The van der Waals surface area contributed by atoms with E-state index in [0.29, 0.717) is 12.2 Å². The van der Waals surface area contributed by atoms with E-state index in [0.717, 1.165) is 12.8 Å². The Bertz CT molecular complexity index is 938. The van der Waals surface area contributed by atoms with E-state index >= 15 is 0 Å². The molecule has 0 aromatic heterocycles. The summed E-state index contributed by atoms with van der Waals surface area (Å²) in [6.07, 6.45) is 2.66. The van der Waals surface area contributed by atoms with Crippen LogP contribution in [-0.4, -0.2) is 5.78 Å². The molecule has 2 aliphatic carbocycles. The normalized spacial score (nSPS) is 22.3. The average Bonchev–Trinajstić information content (AvgIpc) is 3.07. The molecule has 106 valence electrons. The van der Waals surface area contributed by atoms with Crippen molar-refractivity contribution < 1.29 is 4.79 Å². The second-order valence-electron chi connectivity index (χ2n) is 6.47. The molecule has 1 saturated carbocycles. The number of benzene rings is 3. The maximum Gasteiger partial charge on any atom is 0.147 e. The molecule has 0 bridgehead atoms. The molecule has 0 N–H and O–H groups in total. The van der Waals surface area contributed by atoms with Crippen molar-refractivity contribution in [2.45, 2.75) is 24.7 Å². The summed E-state index contributed by atoms with van der Waals surface area (Å²) in [7, 11) is 0. The summed E-state index contributed by atoms with van der Waals surface area (Å²) < 4.78 is 0. The fraction of sp³-hybridized carbons (Fsp3) is 0.190. The van der Waals surface area contributed by atoms with E-state index in [1.807, 2.05) is 0 Å². The van der Waals surface area contributed by atoms with E-state index < -0.39 is 0 Å². The minimum Gasteiger partial charge on any atom is -0.298 e. The monoisotopic (exact) mass is 284 g/mol. The van der Waals surface area contributed by atoms with Gasteiger partial charge in [-0.2, -0.15) is 0 Å². The minimum atomic E-state index is -0.379. The van der Waals surface area contributed by atoms with Crippen LogP contribution in [0.5, 0.6) is 0 Å². The third-order valence-corrected chi connectivity index (χ3v) is 5.45. The lowest BCUT2D eigenvalue weighted by molar-refractivity contribution is -0.120. The fourth-order valence-electron chi connectivity index (χ4n) is 4.49. The van der Waals surface area contributed by atoms with Crippen molar-refractivity contribution in [2.75, 3.05) is 0 Å². The van der Waals surface area contributed by atoms with Crippen LogP contribution in [0.25, 0.3) is 21.9 Å². The number of fused-ring (bicyclic) bond motifs is 6. The topological polar surface area (TPSA) is 17.1 Å². The molecule has 5 rings (SSSR count). The number of hydrogen-bond donors (Lipinski definition) is 0. The van der Waals surface area contributed by atoms with Gasteiger partial charge in [0.2, 0.25) is 0 Å². The van der Waals surface area contributed by atoms with E-state index in [2.05, 4.69) is 60.7 Å². The molecule has 0 aliphatic heterocycles. The number of carbonyl (C=O) groups excluding carboxylic acids is 1. The summed E-state index contributed by atoms with van der Waals surface area (Å²) in [6, 6.07) is 21.4. The fourth-order valence-corrected chi connectivity index (χ4v) is 4.49. The lowest BCUT2D eigenvalue weighted by Crippen LogP contribution is -2.29. The molecule has 2 aliphatic rings. The SMILES string of the molecule is O=C1CCCC12c1ccccc1-c1cc3ccccc3cc12. The molecule has 3 aromatic carbocycles. The first-order valence-electron chi connectivity index (χ1n) is 7.97. The van der Waals surface area contributed by atoms with E-state index in [4.69, 9.17) is 0 Å². The summed E-state index contributed by atoms with van der Waals surface area (Å²) in [5.74, 6) is 0.397. The molecule has 0 saturated heterocycles. The van der Waals surface area contributed by atoms with Crippen molar-refractivity contribution in [1.82, 2.24) is 0 Å². The first-order valence-corrected chi connectivity index (χ1v) is 7.97. The lowest BCUT2D eigenvalue weighted by Gasteiger charge is -2.25. The van der Waals surface area contributed by atoms with Crippen molar-refractivity contribution in [3.8, 4) is 11.1 Å². The van der Waals surface area contributed by atoms with Gasteiger partial charge in [-0.25, -0.2) is 0 Å². The molecular formula is C21H16O. The van der Waals surface area contributed by atoms with E-state index in [-0.39, 0.29) is 5.41 Å². The van der Waals surface area contributed by atoms with Crippen molar-refractivity contribution in [3.05, 3.63) is 71.8 Å². The predicted molar refractivity (Wildman–Crippen MR) is 89.0 cm³/mol. The Hall–Kier alpha value is -2.41. The molecule has 0 radical (unpaired) electrons. The van der Waals surface area contributed by atoms with Crippen LogP contribution in [0.1, 0.15) is 30.4 Å². The van der Waals surface area contributed by atoms with E-state index in [1.165, 1.54) is 33.0 Å². The summed E-state index contributed by atoms with van der Waals surface area (Å²) in [5.41, 5.74) is 4.58. The second-order valence-corrected chi connectivity index (χ2v) is 6.47. The molecular weight excluding hydrogens is 268 g/mol. The van der Waals surface area contributed by atoms with Gasteiger partial charge in [-0.05, 0) is 58.0 Å². The van der Waals surface area contributed by atoms with Crippen LogP contribution in [0.4, 0.5) is 0 Å². The van der Waals surface area contributed by atoms with Gasteiger partial charge in [0.15, 0.2) is 0 Å². The van der Waals surface area contributed by atoms with Crippen LogP contribution in [0.15, 0.2) is 60.7 Å². The molecule has 1 heteroatoms. The van der Waals surface area contributed by atoms with Gasteiger partial charge in [0.25, 0.3) is 0 Å². The first kappa shape index (κ1) is 12.2. The third-order valence-electron chi connectivity index (χ3n) is 5.45. The molecule has 1 unspecified atom stereocenters. The van der Waals surface area contributed by atoms with Crippen LogP contribution in [0.3, 0.4) is 0 Å². The summed E-state index contributed by atoms with van der Waals surface area (Å²) >= 11 is 0. The Morgan fingerprint density at radius 3 is 2.27 bits per heavy atom. The standard InChI is InChI=1S/C21H16O/c22-20-10-5-11-21(20)18-9-4-3-8-16(18)17-12-14-6-1-2-7-15(14)13-19(17)21/h1-4,6-9,12-13H,5,10-11H2. The maximum atomic E-state index is 12.9. The highest BCUT2D eigenvalue weighted by molar-refractivity contribution is 6.05. The molecule has 22 heavy (non-hydrogen) atoms. The summed E-state index contributed by atoms with van der Waals surface area (Å²) in [6.45, 7) is 0. The molecule has 0 heterocycles. The molecule has 3 aromatic rings. The van der Waals surface area contributed by atoms with Gasteiger partial charge < -0.3 is 0 Å².